The number of aryl methyl sites for hydroxylation is 1. The Morgan fingerprint density at radius 2 is 2.04 bits per heavy atom. The summed E-state index contributed by atoms with van der Waals surface area (Å²) < 4.78 is 31.5. The Morgan fingerprint density at radius 1 is 1.32 bits per heavy atom. The van der Waals surface area contributed by atoms with E-state index in [9.17, 15) is 14.0 Å². The van der Waals surface area contributed by atoms with Gasteiger partial charge in [-0.05, 0) is 27.0 Å². The summed E-state index contributed by atoms with van der Waals surface area (Å²) in [5, 5.41) is -0.104. The molecule has 2 heterocycles. The van der Waals surface area contributed by atoms with Crippen LogP contribution in [0.3, 0.4) is 0 Å². The lowest BCUT2D eigenvalue weighted by Crippen LogP contribution is -2.50. The van der Waals surface area contributed by atoms with Crippen LogP contribution in [-0.4, -0.2) is 48.5 Å². The van der Waals surface area contributed by atoms with Crippen LogP contribution in [0.2, 0.25) is 0 Å². The van der Waals surface area contributed by atoms with Crippen LogP contribution in [0, 0.1) is 11.6 Å². The number of pyridine rings is 1. The van der Waals surface area contributed by atoms with Crippen LogP contribution in [-0.2, 0) is 6.54 Å². The van der Waals surface area contributed by atoms with E-state index in [-0.39, 0.29) is 28.2 Å². The van der Waals surface area contributed by atoms with Gasteiger partial charge in [-0.1, -0.05) is 0 Å². The number of hydrogen-bond donors (Lipinski definition) is 0. The Kier molecular flexibility index (Phi) is 4.60. The fourth-order valence-electron chi connectivity index (χ4n) is 3.37. The van der Waals surface area contributed by atoms with E-state index in [2.05, 4.69) is 4.90 Å². The van der Waals surface area contributed by atoms with Crippen molar-refractivity contribution < 1.29 is 13.6 Å². The third-order valence-electron chi connectivity index (χ3n) is 5.00. The monoisotopic (exact) mass is 349 g/mol. The van der Waals surface area contributed by atoms with Gasteiger partial charge in [-0.15, -0.1) is 0 Å². The number of rotatable bonds is 3. The molecule has 0 saturated carbocycles. The normalized spacial score (nSPS) is 18.8. The smallest absolute Gasteiger partial charge is 0.200 e. The topological polar surface area (TPSA) is 45.6 Å². The first-order chi connectivity index (χ1) is 11.9. The van der Waals surface area contributed by atoms with Gasteiger partial charge in [0, 0.05) is 38.4 Å². The van der Waals surface area contributed by atoms with Crippen molar-refractivity contribution in [2.45, 2.75) is 26.4 Å². The molecule has 5 nitrogen and oxygen atoms in total. The van der Waals surface area contributed by atoms with Gasteiger partial charge in [0.25, 0.3) is 0 Å². The molecule has 1 aliphatic heterocycles. The molecule has 1 aromatic carbocycles. The Hall–Kier alpha value is -2.28. The highest BCUT2D eigenvalue weighted by Gasteiger charge is 2.28. The van der Waals surface area contributed by atoms with Crippen molar-refractivity contribution in [3.63, 3.8) is 0 Å². The van der Waals surface area contributed by atoms with Crippen molar-refractivity contribution >= 4 is 22.9 Å². The van der Waals surface area contributed by atoms with E-state index in [1.807, 2.05) is 14.0 Å². The van der Waals surface area contributed by atoms with Gasteiger partial charge >= 0.3 is 0 Å². The molecule has 0 N–H and O–H groups in total. The van der Waals surface area contributed by atoms with E-state index < -0.39 is 17.1 Å². The summed E-state index contributed by atoms with van der Waals surface area (Å²) >= 11 is 0. The first kappa shape index (κ1) is 17.5. The average Bonchev–Trinajstić information content (AvgIpc) is 2.59. The molecule has 7 heteroatoms. The van der Waals surface area contributed by atoms with E-state index in [4.69, 9.17) is 0 Å². The minimum absolute atomic E-state index is 0.0427. The largest absolute Gasteiger partial charge is 0.364 e. The predicted octanol–water partition coefficient (Wildman–Crippen LogP) is 2.25. The molecule has 25 heavy (non-hydrogen) atoms. The first-order valence-corrected chi connectivity index (χ1v) is 8.34. The second-order valence-corrected chi connectivity index (χ2v) is 6.51. The fourth-order valence-corrected chi connectivity index (χ4v) is 3.37. The highest BCUT2D eigenvalue weighted by atomic mass is 19.1. The second kappa shape index (κ2) is 6.55. The highest BCUT2D eigenvalue weighted by Crippen LogP contribution is 2.31. The maximum atomic E-state index is 15.3. The predicted molar refractivity (Wildman–Crippen MR) is 93.5 cm³/mol. The summed E-state index contributed by atoms with van der Waals surface area (Å²) in [6, 6.07) is 1.21. The number of carbonyl (C=O) groups is 1. The van der Waals surface area contributed by atoms with Crippen molar-refractivity contribution in [3.8, 4) is 0 Å². The zero-order chi connectivity index (χ0) is 18.3. The first-order valence-electron chi connectivity index (χ1n) is 8.34. The van der Waals surface area contributed by atoms with Gasteiger partial charge in [0.2, 0.25) is 0 Å². The molecule has 1 aliphatic rings. The van der Waals surface area contributed by atoms with Crippen molar-refractivity contribution in [2.75, 3.05) is 31.6 Å². The Bertz CT molecular complexity index is 894. The SMILES string of the molecule is CCn1cc(C=O)c(=O)c2cc(F)c(N3CCN(C)C(C)C3)c(F)c21. The quantitative estimate of drug-likeness (QED) is 0.798. The summed E-state index contributed by atoms with van der Waals surface area (Å²) in [7, 11) is 1.98. The number of benzene rings is 1. The molecule has 134 valence electrons. The van der Waals surface area contributed by atoms with Crippen LogP contribution in [0.4, 0.5) is 14.5 Å². The van der Waals surface area contributed by atoms with Crippen molar-refractivity contribution in [3.05, 3.63) is 39.7 Å². The minimum atomic E-state index is -0.774. The molecule has 1 aromatic heterocycles. The van der Waals surface area contributed by atoms with E-state index in [1.165, 1.54) is 10.8 Å². The van der Waals surface area contributed by atoms with Gasteiger partial charge < -0.3 is 14.4 Å². The third kappa shape index (κ3) is 2.82. The molecule has 0 aliphatic carbocycles. The van der Waals surface area contributed by atoms with Crippen LogP contribution < -0.4 is 10.3 Å². The van der Waals surface area contributed by atoms with Gasteiger partial charge in [0.05, 0.1) is 16.5 Å². The molecule has 1 saturated heterocycles. The Morgan fingerprint density at radius 3 is 2.64 bits per heavy atom. The van der Waals surface area contributed by atoms with E-state index in [0.29, 0.717) is 32.5 Å². The number of likely N-dealkylation sites (N-methyl/N-ethyl adjacent to an activating group) is 1. The lowest BCUT2D eigenvalue weighted by atomic mass is 10.1. The number of hydrogen-bond acceptors (Lipinski definition) is 4. The number of nitrogens with zero attached hydrogens (tertiary/aromatic N) is 3. The molecule has 0 bridgehead atoms. The van der Waals surface area contributed by atoms with Gasteiger partial charge in [0.15, 0.2) is 17.5 Å². The van der Waals surface area contributed by atoms with Crippen LogP contribution in [0.1, 0.15) is 24.2 Å². The standard InChI is InChI=1S/C18H21F2N3O2/c1-4-22-9-12(10-24)18(25)13-7-14(19)17(15(20)16(13)22)23-6-5-21(3)11(2)8-23/h7,9-11H,4-6,8H2,1-3H3. The summed E-state index contributed by atoms with van der Waals surface area (Å²) in [5.41, 5.74) is -0.811. The molecule has 0 radical (unpaired) electrons. The average molecular weight is 349 g/mol. The molecular formula is C18H21F2N3O2. The number of halogens is 2. The van der Waals surface area contributed by atoms with Crippen molar-refractivity contribution in [2.24, 2.45) is 0 Å². The molecule has 1 atom stereocenters. The minimum Gasteiger partial charge on any atom is -0.364 e. The molecule has 3 rings (SSSR count). The number of aldehydes is 1. The van der Waals surface area contributed by atoms with Crippen molar-refractivity contribution in [1.82, 2.24) is 9.47 Å². The summed E-state index contributed by atoms with van der Waals surface area (Å²) in [6.07, 6.45) is 1.74. The highest BCUT2D eigenvalue weighted by molar-refractivity contribution is 5.89. The lowest BCUT2D eigenvalue weighted by molar-refractivity contribution is 0.112. The van der Waals surface area contributed by atoms with E-state index >= 15 is 4.39 Å². The van der Waals surface area contributed by atoms with Gasteiger partial charge in [-0.25, -0.2) is 8.78 Å². The number of aromatic nitrogens is 1. The van der Waals surface area contributed by atoms with Crippen LogP contribution in [0.25, 0.3) is 10.9 Å². The molecule has 0 amide bonds. The van der Waals surface area contributed by atoms with Gasteiger partial charge in [0.1, 0.15) is 11.5 Å². The van der Waals surface area contributed by atoms with Crippen molar-refractivity contribution in [1.29, 1.82) is 0 Å². The van der Waals surface area contributed by atoms with Gasteiger partial charge in [-0.3, -0.25) is 9.59 Å². The Balaban J connectivity index is 2.25. The maximum Gasteiger partial charge on any atom is 0.200 e. The summed E-state index contributed by atoms with van der Waals surface area (Å²) in [6.45, 7) is 5.84. The van der Waals surface area contributed by atoms with Crippen LogP contribution in [0.15, 0.2) is 17.1 Å². The number of fused-ring (bicyclic) bond motifs is 1. The summed E-state index contributed by atoms with van der Waals surface area (Å²) in [4.78, 5) is 27.2. The lowest BCUT2D eigenvalue weighted by Gasteiger charge is -2.39. The number of anilines is 1. The van der Waals surface area contributed by atoms with E-state index in [0.717, 1.165) is 6.07 Å². The zero-order valence-electron chi connectivity index (χ0n) is 14.6. The molecule has 2 aromatic rings. The maximum absolute atomic E-state index is 15.3. The zero-order valence-corrected chi connectivity index (χ0v) is 14.6. The fraction of sp³-hybridized carbons (Fsp3) is 0.444. The summed E-state index contributed by atoms with van der Waals surface area (Å²) in [5.74, 6) is -1.52. The number of piperazine rings is 1. The van der Waals surface area contributed by atoms with E-state index in [1.54, 1.807) is 11.8 Å². The Labute approximate surface area is 144 Å². The molecule has 0 spiro atoms. The number of carbonyl (C=O) groups excluding carboxylic acids is 1. The van der Waals surface area contributed by atoms with Crippen LogP contribution in [0.5, 0.6) is 0 Å². The third-order valence-corrected chi connectivity index (χ3v) is 5.00. The molecule has 1 fully saturated rings. The van der Waals surface area contributed by atoms with Gasteiger partial charge in [-0.2, -0.15) is 0 Å². The second-order valence-electron chi connectivity index (χ2n) is 6.51. The van der Waals surface area contributed by atoms with Crippen LogP contribution >= 0.6 is 0 Å². The molecular weight excluding hydrogens is 328 g/mol. The molecule has 1 unspecified atom stereocenters.